The zero-order chi connectivity index (χ0) is 108. The Balaban J connectivity index is 0.000000226. The predicted molar refractivity (Wildman–Crippen MR) is 642 cm³/mol. The van der Waals surface area contributed by atoms with Gasteiger partial charge in [0.15, 0.2) is 9.84 Å². The van der Waals surface area contributed by atoms with E-state index in [-0.39, 0.29) is 11.7 Å². The van der Waals surface area contributed by atoms with Crippen LogP contribution in [0.1, 0.15) is 396 Å². The monoisotopic (exact) mass is 2010 g/mol. The van der Waals surface area contributed by atoms with E-state index in [1.54, 1.807) is 28.3 Å². The summed E-state index contributed by atoms with van der Waals surface area (Å²) in [7, 11) is -3.26. The van der Waals surface area contributed by atoms with Crippen LogP contribution in [0.25, 0.3) is 0 Å². The topological polar surface area (TPSA) is 64.6 Å². The maximum absolute atomic E-state index is 12.6. The Morgan fingerprint density at radius 1 is 0.259 bits per heavy atom. The highest BCUT2D eigenvalue weighted by Gasteiger charge is 2.36. The van der Waals surface area contributed by atoms with Gasteiger partial charge in [-0.25, -0.2) is 8.42 Å². The molecule has 0 bridgehead atoms. The van der Waals surface area contributed by atoms with E-state index in [4.69, 9.17) is 9.47 Å². The number of benzene rings is 14. The van der Waals surface area contributed by atoms with Crippen molar-refractivity contribution >= 4 is 27.3 Å². The molecule has 2 aliphatic carbocycles. The molecule has 0 saturated carbocycles. The van der Waals surface area contributed by atoms with Crippen molar-refractivity contribution in [3.63, 3.8) is 0 Å². The van der Waals surface area contributed by atoms with E-state index in [0.29, 0.717) is 102 Å². The molecule has 21 rings (SSSR count). The summed E-state index contributed by atoms with van der Waals surface area (Å²) in [4.78, 5) is 1.95. The molecule has 0 fully saturated rings. The molecule has 4 atom stereocenters. The SMILES string of the molecule is CC.CC.CC.CC.CC.CC.CC.CC(C)C1c2ccccc2CCCc2ccccc21.CC(C)C1c2ccccc2CCc2ccccc21.CC(C)C1c2ccccc2CNc2ccccc21.CC(C)C1c2ccccc2COCc2ccccc21.CC(C)C1c2ccccc2COc2ccccc21.CC(C)C1c2ccccc2CS(=O)(=O)c2ccccc21.CC(C)C1c2ccccc2CSc2ccccc21.CCC. The average Bonchev–Trinajstić information content (AvgIpc) is 1.54. The highest BCUT2D eigenvalue weighted by molar-refractivity contribution is 7.98. The van der Waals surface area contributed by atoms with Crippen molar-refractivity contribution in [3.8, 4) is 5.75 Å². The first-order valence-corrected chi connectivity index (χ1v) is 59.1. The maximum Gasteiger partial charge on any atom is 0.182 e. The van der Waals surface area contributed by atoms with Gasteiger partial charge in [0, 0.05) is 69.9 Å². The first-order valence-electron chi connectivity index (χ1n) is 56.5. The van der Waals surface area contributed by atoms with Crippen LogP contribution in [-0.4, -0.2) is 8.42 Å². The van der Waals surface area contributed by atoms with E-state index in [1.807, 2.05) is 151 Å². The van der Waals surface area contributed by atoms with E-state index in [0.717, 1.165) is 34.7 Å². The van der Waals surface area contributed by atoms with Crippen molar-refractivity contribution in [2.24, 2.45) is 41.4 Å². The summed E-state index contributed by atoms with van der Waals surface area (Å²) in [5, 5.41) is 3.57. The molecule has 14 aromatic rings. The summed E-state index contributed by atoms with van der Waals surface area (Å²) < 4.78 is 37.1. The first kappa shape index (κ1) is 123. The van der Waals surface area contributed by atoms with Crippen LogP contribution >= 0.6 is 11.8 Å². The molecule has 0 aromatic heterocycles. The minimum absolute atomic E-state index is 0.101. The zero-order valence-corrected chi connectivity index (χ0v) is 97.5. The number of fused-ring (bicyclic) bond motifs is 14. The van der Waals surface area contributed by atoms with Crippen LogP contribution in [0.3, 0.4) is 0 Å². The lowest BCUT2D eigenvalue weighted by atomic mass is 9.76. The third-order valence-corrected chi connectivity index (χ3v) is 30.5. The molecule has 5 aliphatic heterocycles. The van der Waals surface area contributed by atoms with E-state index >= 15 is 0 Å². The molecule has 14 aromatic carbocycles. The molecular formula is C140H185NO4S2. The number of para-hydroxylation sites is 2. The Hall–Kier alpha value is -11.1. The van der Waals surface area contributed by atoms with E-state index in [2.05, 4.69) is 407 Å². The van der Waals surface area contributed by atoms with Crippen molar-refractivity contribution in [1.82, 2.24) is 0 Å². The lowest BCUT2D eigenvalue weighted by Gasteiger charge is -2.29. The standard InChI is InChI=1S/C19H22.C18H20O.C18H20.C17H19N.C17H18O2S.C17H18O.C17H18S.C3H8.7C2H6/c1-14(2)19-17-12-5-3-8-15(17)10-7-11-16-9-4-6-13-18(16)19;1-13(2)18-16-9-5-3-7-14(16)11-19-12-15-8-4-6-10-17(15)18;1-13(2)18-16-9-5-3-7-14(16)11-12-15-8-4-6-10-17(15)18;1-12(2)17-14-8-4-3-7-13(14)11-18-16-10-6-5-9-15(16)17;1-12(2)17-14-8-4-3-7-13(14)11-20(18,19)16-10-6-5-9-15(16)17;2*1-12(2)17-14-8-4-3-7-13(14)11-18-16-10-6-5-9-15(16)17;1-3-2;7*1-2/h3-6,8-9,12-14,19H,7,10-11H2,1-2H3;3-10,13,18H,11-12H2,1-2H3;3-10,13,18H,11-12H2,1-2H3;3-10,12,17-18H,11H2,1-2H3;3-10,12,17H,11H2,1-2H3;2*3-10,12,17H,11H2,1-2H3;3H2,1-2H3;7*1-2H3. The quantitative estimate of drug-likeness (QED) is 0.172. The number of nitrogens with one attached hydrogen (secondary N) is 1. The molecule has 0 saturated heterocycles. The molecule has 786 valence electrons. The minimum atomic E-state index is -3.26. The largest absolute Gasteiger partial charge is 0.489 e. The summed E-state index contributed by atoms with van der Waals surface area (Å²) in [6, 6.07) is 121. The van der Waals surface area contributed by atoms with Crippen LogP contribution < -0.4 is 10.1 Å². The molecule has 0 radical (unpaired) electrons. The molecule has 0 amide bonds. The Labute approximate surface area is 899 Å². The predicted octanol–water partition coefficient (Wildman–Crippen LogP) is 40.2. The highest BCUT2D eigenvalue weighted by Crippen LogP contribution is 2.49. The number of hydrogen-bond donors (Lipinski definition) is 1. The van der Waals surface area contributed by atoms with E-state index in [1.165, 1.54) is 144 Å². The molecule has 1 N–H and O–H groups in total. The smallest absolute Gasteiger partial charge is 0.182 e. The molecule has 7 heteroatoms. The summed E-state index contributed by atoms with van der Waals surface area (Å²) in [5.74, 6) is 9.42. The van der Waals surface area contributed by atoms with Gasteiger partial charge >= 0.3 is 0 Å². The zero-order valence-electron chi connectivity index (χ0n) is 95.8. The van der Waals surface area contributed by atoms with Gasteiger partial charge in [-0.3, -0.25) is 0 Å². The first-order chi connectivity index (χ1) is 71.5. The van der Waals surface area contributed by atoms with Crippen LogP contribution in [-0.2, 0) is 78.1 Å². The fourth-order valence-corrected chi connectivity index (χ4v) is 24.6. The van der Waals surface area contributed by atoms with Crippen LogP contribution in [0.15, 0.2) is 350 Å². The number of aryl methyl sites for hydroxylation is 4. The van der Waals surface area contributed by atoms with Gasteiger partial charge in [-0.05, 0) is 226 Å². The second-order valence-corrected chi connectivity index (χ2v) is 42.5. The Kier molecular flexibility index (Phi) is 54.4. The number of sulfone groups is 1. The lowest BCUT2D eigenvalue weighted by Crippen LogP contribution is -2.16. The summed E-state index contributed by atoms with van der Waals surface area (Å²) in [5.41, 5.74) is 35.0. The van der Waals surface area contributed by atoms with E-state index < -0.39 is 9.84 Å². The summed E-state index contributed by atoms with van der Waals surface area (Å²) >= 11 is 1.97. The van der Waals surface area contributed by atoms with Crippen LogP contribution in [0.4, 0.5) is 5.69 Å². The molecule has 0 spiro atoms. The molecular weight excluding hydrogens is 1820 g/mol. The Morgan fingerprint density at radius 3 is 0.898 bits per heavy atom. The van der Waals surface area contributed by atoms with Crippen molar-refractivity contribution in [2.75, 3.05) is 5.32 Å². The maximum atomic E-state index is 12.6. The van der Waals surface area contributed by atoms with Gasteiger partial charge in [-0.1, -0.05) is 530 Å². The third-order valence-electron chi connectivity index (χ3n) is 27.6. The van der Waals surface area contributed by atoms with Crippen molar-refractivity contribution in [2.45, 2.75) is 335 Å². The van der Waals surface area contributed by atoms with Gasteiger partial charge in [0.05, 0.1) is 23.9 Å². The number of ether oxygens (including phenoxy) is 2. The number of hydrogen-bond acceptors (Lipinski definition) is 6. The number of rotatable bonds is 7. The van der Waals surface area contributed by atoms with Crippen LogP contribution in [0.5, 0.6) is 5.75 Å². The Morgan fingerprint density at radius 2 is 0.503 bits per heavy atom. The van der Waals surface area contributed by atoms with Gasteiger partial charge in [0.2, 0.25) is 0 Å². The van der Waals surface area contributed by atoms with Crippen molar-refractivity contribution < 1.29 is 17.9 Å². The second kappa shape index (κ2) is 65.0. The molecule has 7 aliphatic rings. The average molecular weight is 2010 g/mol. The van der Waals surface area contributed by atoms with Crippen molar-refractivity contribution in [1.29, 1.82) is 0 Å². The van der Waals surface area contributed by atoms with Gasteiger partial charge in [-0.2, -0.15) is 0 Å². The lowest BCUT2D eigenvalue weighted by molar-refractivity contribution is 0.103. The summed E-state index contributed by atoms with van der Waals surface area (Å²) in [6.07, 6.45) is 7.30. The fourth-order valence-electron chi connectivity index (χ4n) is 21.8. The van der Waals surface area contributed by atoms with E-state index in [9.17, 15) is 8.42 Å². The fraction of sp³-hybridized carbons (Fsp3) is 0.400. The van der Waals surface area contributed by atoms with Crippen LogP contribution in [0, 0.1) is 41.4 Å². The minimum Gasteiger partial charge on any atom is -0.489 e. The van der Waals surface area contributed by atoms with Crippen molar-refractivity contribution in [3.05, 3.63) is 473 Å². The molecule has 5 heterocycles. The molecule has 4 unspecified atom stereocenters. The molecule has 5 nitrogen and oxygen atoms in total. The normalized spacial score (nSPS) is 15.5. The van der Waals surface area contributed by atoms with Crippen LogP contribution in [0.2, 0.25) is 0 Å². The number of anilines is 1. The summed E-state index contributed by atoms with van der Waals surface area (Å²) in [6.45, 7) is 67.4. The molecule has 147 heavy (non-hydrogen) atoms. The van der Waals surface area contributed by atoms with Gasteiger partial charge in [0.1, 0.15) is 12.4 Å². The van der Waals surface area contributed by atoms with Gasteiger partial charge < -0.3 is 14.8 Å². The Bertz CT molecular complexity index is 5450. The highest BCUT2D eigenvalue weighted by atomic mass is 32.2. The van der Waals surface area contributed by atoms with Gasteiger partial charge in [0.25, 0.3) is 0 Å². The second-order valence-electron chi connectivity index (χ2n) is 39.5. The number of thioether (sulfide) groups is 1. The third kappa shape index (κ3) is 32.7. The van der Waals surface area contributed by atoms with Gasteiger partial charge in [-0.15, -0.1) is 11.8 Å².